The minimum Gasteiger partial charge on any atom is -0.506 e. The summed E-state index contributed by atoms with van der Waals surface area (Å²) in [6, 6.07) is 6.32. The smallest absolute Gasteiger partial charge is 0.251 e. The number of fused-ring (bicyclic) bond motifs is 1. The second kappa shape index (κ2) is 7.83. The molecule has 0 aliphatic carbocycles. The van der Waals surface area contributed by atoms with E-state index in [1.54, 1.807) is 6.20 Å². The zero-order valence-corrected chi connectivity index (χ0v) is 14.3. The topological polar surface area (TPSA) is 99.5 Å². The number of amides is 2. The third-order valence-electron chi connectivity index (χ3n) is 4.23. The van der Waals surface area contributed by atoms with Gasteiger partial charge < -0.3 is 15.7 Å². The Labute approximate surface area is 151 Å². The van der Waals surface area contributed by atoms with Crippen molar-refractivity contribution in [2.24, 2.45) is 0 Å². The van der Waals surface area contributed by atoms with E-state index in [0.29, 0.717) is 12.1 Å². The molecule has 3 rings (SSSR count). The van der Waals surface area contributed by atoms with Gasteiger partial charge in [-0.3, -0.25) is 19.2 Å². The standard InChI is InChI=1S/C18H21N5O3/c1-2-17(25)21-15-11-13(3-4-16(15)24)18(26)19-7-8-22-9-10-23-14(12-22)5-6-20-23/h2-6,11,24H,1,7-10,12H2,(H,19,26)(H,21,25). The van der Waals surface area contributed by atoms with E-state index < -0.39 is 5.91 Å². The normalized spacial score (nSPS) is 13.7. The summed E-state index contributed by atoms with van der Waals surface area (Å²) in [5.41, 5.74) is 1.70. The van der Waals surface area contributed by atoms with Gasteiger partial charge in [0.1, 0.15) is 5.75 Å². The van der Waals surface area contributed by atoms with Gasteiger partial charge in [-0.15, -0.1) is 0 Å². The lowest BCUT2D eigenvalue weighted by Gasteiger charge is -2.27. The highest BCUT2D eigenvalue weighted by atomic mass is 16.3. The molecule has 2 amide bonds. The lowest BCUT2D eigenvalue weighted by molar-refractivity contribution is -0.111. The van der Waals surface area contributed by atoms with Crippen LogP contribution in [0.3, 0.4) is 0 Å². The van der Waals surface area contributed by atoms with E-state index in [0.717, 1.165) is 32.3 Å². The van der Waals surface area contributed by atoms with Gasteiger partial charge in [-0.2, -0.15) is 5.10 Å². The molecule has 1 aliphatic heterocycles. The van der Waals surface area contributed by atoms with E-state index in [4.69, 9.17) is 0 Å². The summed E-state index contributed by atoms with van der Waals surface area (Å²) in [6.45, 7) is 7.14. The Morgan fingerprint density at radius 3 is 2.96 bits per heavy atom. The number of aromatic nitrogens is 2. The first-order chi connectivity index (χ1) is 12.6. The van der Waals surface area contributed by atoms with Crippen molar-refractivity contribution >= 4 is 17.5 Å². The molecule has 1 aliphatic rings. The molecule has 136 valence electrons. The zero-order valence-electron chi connectivity index (χ0n) is 14.3. The maximum Gasteiger partial charge on any atom is 0.251 e. The van der Waals surface area contributed by atoms with Crippen LogP contribution in [-0.2, 0) is 17.9 Å². The Bertz CT molecular complexity index is 830. The SMILES string of the molecule is C=CC(=O)Nc1cc(C(=O)NCCN2CCn3nccc3C2)ccc1O. The van der Waals surface area contributed by atoms with Crippen molar-refractivity contribution in [2.75, 3.05) is 25.0 Å². The molecule has 0 unspecified atom stereocenters. The van der Waals surface area contributed by atoms with Crippen LogP contribution in [0.4, 0.5) is 5.69 Å². The molecule has 0 atom stereocenters. The van der Waals surface area contributed by atoms with Gasteiger partial charge in [-0.25, -0.2) is 0 Å². The van der Waals surface area contributed by atoms with Gasteiger partial charge in [-0.1, -0.05) is 6.58 Å². The summed E-state index contributed by atoms with van der Waals surface area (Å²) in [4.78, 5) is 25.9. The number of hydrogen-bond donors (Lipinski definition) is 3. The van der Waals surface area contributed by atoms with Crippen LogP contribution in [0.15, 0.2) is 43.1 Å². The number of carbonyl (C=O) groups excluding carboxylic acids is 2. The predicted octanol–water partition coefficient (Wildman–Crippen LogP) is 0.959. The molecule has 0 spiro atoms. The average Bonchev–Trinajstić information content (AvgIpc) is 3.11. The highest BCUT2D eigenvalue weighted by Crippen LogP contribution is 2.24. The van der Waals surface area contributed by atoms with Crippen molar-refractivity contribution in [1.82, 2.24) is 20.0 Å². The fourth-order valence-electron chi connectivity index (χ4n) is 2.82. The Morgan fingerprint density at radius 2 is 2.15 bits per heavy atom. The summed E-state index contributed by atoms with van der Waals surface area (Å²) in [7, 11) is 0. The molecule has 0 saturated carbocycles. The molecule has 2 aromatic rings. The Hall–Kier alpha value is -3.13. The Morgan fingerprint density at radius 1 is 1.31 bits per heavy atom. The van der Waals surface area contributed by atoms with E-state index in [1.165, 1.54) is 23.9 Å². The van der Waals surface area contributed by atoms with Crippen LogP contribution >= 0.6 is 0 Å². The number of rotatable bonds is 6. The maximum absolute atomic E-state index is 12.3. The zero-order chi connectivity index (χ0) is 18.5. The number of aromatic hydroxyl groups is 1. The van der Waals surface area contributed by atoms with Gasteiger partial charge >= 0.3 is 0 Å². The number of benzene rings is 1. The van der Waals surface area contributed by atoms with Crippen molar-refractivity contribution in [1.29, 1.82) is 0 Å². The summed E-state index contributed by atoms with van der Waals surface area (Å²) in [5.74, 6) is -0.829. The molecule has 2 heterocycles. The van der Waals surface area contributed by atoms with Gasteiger partial charge in [-0.05, 0) is 30.3 Å². The number of phenols is 1. The van der Waals surface area contributed by atoms with Gasteiger partial charge in [0.2, 0.25) is 5.91 Å². The van der Waals surface area contributed by atoms with Crippen molar-refractivity contribution in [3.63, 3.8) is 0 Å². The van der Waals surface area contributed by atoms with Crippen molar-refractivity contribution in [3.05, 3.63) is 54.4 Å². The number of nitrogens with zero attached hydrogens (tertiary/aromatic N) is 3. The first-order valence-corrected chi connectivity index (χ1v) is 8.34. The van der Waals surface area contributed by atoms with E-state index in [1.807, 2.05) is 10.7 Å². The molecule has 0 radical (unpaired) electrons. The van der Waals surface area contributed by atoms with Crippen molar-refractivity contribution in [3.8, 4) is 5.75 Å². The molecule has 8 heteroatoms. The summed E-state index contributed by atoms with van der Waals surface area (Å²) < 4.78 is 1.99. The second-order valence-electron chi connectivity index (χ2n) is 6.00. The average molecular weight is 355 g/mol. The van der Waals surface area contributed by atoms with Crippen LogP contribution in [-0.4, -0.2) is 51.2 Å². The molecule has 0 bridgehead atoms. The molecule has 0 fully saturated rings. The van der Waals surface area contributed by atoms with Crippen LogP contribution in [0.25, 0.3) is 0 Å². The van der Waals surface area contributed by atoms with Crippen LogP contribution < -0.4 is 10.6 Å². The van der Waals surface area contributed by atoms with Crippen molar-refractivity contribution in [2.45, 2.75) is 13.1 Å². The van der Waals surface area contributed by atoms with E-state index >= 15 is 0 Å². The first-order valence-electron chi connectivity index (χ1n) is 8.34. The maximum atomic E-state index is 12.3. The fourth-order valence-corrected chi connectivity index (χ4v) is 2.82. The van der Waals surface area contributed by atoms with Crippen LogP contribution in [0.5, 0.6) is 5.75 Å². The Kier molecular flexibility index (Phi) is 5.33. The van der Waals surface area contributed by atoms with E-state index in [-0.39, 0.29) is 17.3 Å². The summed E-state index contributed by atoms with van der Waals surface area (Å²) in [6.07, 6.45) is 2.89. The van der Waals surface area contributed by atoms with Gasteiger partial charge in [0, 0.05) is 37.9 Å². The molecule has 0 saturated heterocycles. The lowest BCUT2D eigenvalue weighted by Crippen LogP contribution is -2.39. The minimum absolute atomic E-state index is 0.110. The predicted molar refractivity (Wildman–Crippen MR) is 96.8 cm³/mol. The molecule has 1 aromatic carbocycles. The fraction of sp³-hybridized carbons (Fsp3) is 0.278. The molecule has 26 heavy (non-hydrogen) atoms. The number of anilines is 1. The number of phenolic OH excluding ortho intramolecular Hbond substituents is 1. The molecule has 8 nitrogen and oxygen atoms in total. The Balaban J connectivity index is 1.53. The largest absolute Gasteiger partial charge is 0.506 e. The summed E-state index contributed by atoms with van der Waals surface area (Å²) in [5, 5.41) is 19.3. The first kappa shape index (κ1) is 17.7. The van der Waals surface area contributed by atoms with E-state index in [2.05, 4.69) is 27.2 Å². The van der Waals surface area contributed by atoms with Crippen molar-refractivity contribution < 1.29 is 14.7 Å². The summed E-state index contributed by atoms with van der Waals surface area (Å²) >= 11 is 0. The second-order valence-corrected chi connectivity index (χ2v) is 6.00. The molecular weight excluding hydrogens is 334 g/mol. The number of carbonyl (C=O) groups is 2. The molecule has 3 N–H and O–H groups in total. The quantitative estimate of drug-likeness (QED) is 0.529. The third-order valence-corrected chi connectivity index (χ3v) is 4.23. The van der Waals surface area contributed by atoms with Gasteiger partial charge in [0.25, 0.3) is 5.91 Å². The minimum atomic E-state index is -0.456. The van der Waals surface area contributed by atoms with Crippen LogP contribution in [0.2, 0.25) is 0 Å². The van der Waals surface area contributed by atoms with Gasteiger partial charge in [0.05, 0.1) is 17.9 Å². The number of hydrogen-bond acceptors (Lipinski definition) is 5. The molecule has 1 aromatic heterocycles. The monoisotopic (exact) mass is 355 g/mol. The third kappa shape index (κ3) is 4.09. The van der Waals surface area contributed by atoms with Crippen LogP contribution in [0, 0.1) is 0 Å². The highest BCUT2D eigenvalue weighted by molar-refractivity contribution is 6.02. The lowest BCUT2D eigenvalue weighted by atomic mass is 10.1. The van der Waals surface area contributed by atoms with Crippen LogP contribution in [0.1, 0.15) is 16.1 Å². The molecular formula is C18H21N5O3. The number of nitrogens with one attached hydrogen (secondary N) is 2. The van der Waals surface area contributed by atoms with Gasteiger partial charge in [0.15, 0.2) is 0 Å². The van der Waals surface area contributed by atoms with E-state index in [9.17, 15) is 14.7 Å². The highest BCUT2D eigenvalue weighted by Gasteiger charge is 2.16.